The number of hydrogen-bond donors (Lipinski definition) is 1. The van der Waals surface area contributed by atoms with Crippen molar-refractivity contribution in [3.8, 4) is 0 Å². The summed E-state index contributed by atoms with van der Waals surface area (Å²) < 4.78 is 5.23. The molecule has 0 aromatic heterocycles. The predicted octanol–water partition coefficient (Wildman–Crippen LogP) is 3.58. The first-order valence-corrected chi connectivity index (χ1v) is 10.4. The van der Waals surface area contributed by atoms with Crippen molar-refractivity contribution in [3.05, 3.63) is 70.8 Å². The van der Waals surface area contributed by atoms with Gasteiger partial charge in [-0.3, -0.25) is 9.59 Å². The molecule has 1 atom stereocenters. The topological polar surface area (TPSA) is 72.5 Å². The van der Waals surface area contributed by atoms with Crippen LogP contribution in [-0.4, -0.2) is 42.3 Å². The Bertz CT molecular complexity index is 836. The first-order chi connectivity index (χ1) is 13.4. The molecular weight excluding hydrogens is 374 g/mol. The molecule has 0 saturated carbocycles. The predicted molar refractivity (Wildman–Crippen MR) is 112 cm³/mol. The van der Waals surface area contributed by atoms with Gasteiger partial charge in [0, 0.05) is 11.1 Å². The van der Waals surface area contributed by atoms with E-state index in [0.717, 1.165) is 11.1 Å². The van der Waals surface area contributed by atoms with E-state index in [1.807, 2.05) is 38.3 Å². The van der Waals surface area contributed by atoms with Gasteiger partial charge in [-0.05, 0) is 50.0 Å². The molecule has 2 rings (SSSR count). The number of amides is 1. The minimum Gasteiger partial charge on any atom is -0.456 e. The average Bonchev–Trinajstić information content (AvgIpc) is 2.69. The lowest BCUT2D eigenvalue weighted by Crippen LogP contribution is -2.42. The van der Waals surface area contributed by atoms with E-state index in [-0.39, 0.29) is 18.3 Å². The third kappa shape index (κ3) is 6.23. The molecule has 0 bridgehead atoms. The molecule has 2 aromatic rings. The molecule has 0 heterocycles. The largest absolute Gasteiger partial charge is 0.456 e. The molecule has 0 aliphatic heterocycles. The second-order valence-corrected chi connectivity index (χ2v) is 7.51. The number of esters is 1. The molecule has 1 N–H and O–H groups in total. The van der Waals surface area contributed by atoms with Crippen molar-refractivity contribution in [2.75, 3.05) is 18.6 Å². The first kappa shape index (κ1) is 21.7. The van der Waals surface area contributed by atoms with Gasteiger partial charge in [-0.2, -0.15) is 11.8 Å². The van der Waals surface area contributed by atoms with E-state index in [2.05, 4.69) is 5.32 Å². The zero-order valence-corrected chi connectivity index (χ0v) is 17.2. The maximum Gasteiger partial charge on any atom is 0.329 e. The highest BCUT2D eigenvalue weighted by Crippen LogP contribution is 2.12. The maximum atomic E-state index is 12.5. The summed E-state index contributed by atoms with van der Waals surface area (Å²) in [6, 6.07) is 13.4. The van der Waals surface area contributed by atoms with Gasteiger partial charge in [0.1, 0.15) is 6.04 Å². The molecule has 0 spiro atoms. The van der Waals surface area contributed by atoms with Gasteiger partial charge >= 0.3 is 5.97 Å². The highest BCUT2D eigenvalue weighted by molar-refractivity contribution is 7.98. The van der Waals surface area contributed by atoms with Crippen LogP contribution in [0.15, 0.2) is 48.5 Å². The van der Waals surface area contributed by atoms with Gasteiger partial charge < -0.3 is 10.1 Å². The fourth-order valence-electron chi connectivity index (χ4n) is 2.76. The van der Waals surface area contributed by atoms with Crippen LogP contribution in [0.25, 0.3) is 0 Å². The number of carbonyl (C=O) groups is 3. The van der Waals surface area contributed by atoms with Crippen LogP contribution in [0, 0.1) is 13.8 Å². The summed E-state index contributed by atoms with van der Waals surface area (Å²) in [6.07, 6.45) is 2.35. The number of benzene rings is 2. The average molecular weight is 400 g/mol. The Morgan fingerprint density at radius 3 is 2.43 bits per heavy atom. The summed E-state index contributed by atoms with van der Waals surface area (Å²) in [7, 11) is 0. The summed E-state index contributed by atoms with van der Waals surface area (Å²) in [4.78, 5) is 37.3. The minimum absolute atomic E-state index is 0.260. The van der Waals surface area contributed by atoms with E-state index in [1.54, 1.807) is 42.1 Å². The Hall–Kier alpha value is -2.60. The van der Waals surface area contributed by atoms with Crippen LogP contribution < -0.4 is 5.32 Å². The van der Waals surface area contributed by atoms with Crippen LogP contribution in [-0.2, 0) is 9.53 Å². The minimum atomic E-state index is -0.799. The van der Waals surface area contributed by atoms with Gasteiger partial charge in [-0.25, -0.2) is 4.79 Å². The standard InChI is InChI=1S/C22H25NO4S/c1-15-9-10-18(16(2)13-15)20(24)14-27-22(26)19(11-12-28-3)23-21(25)17-7-5-4-6-8-17/h4-10,13,19H,11-12,14H2,1-3H3,(H,23,25). The normalized spacial score (nSPS) is 11.5. The number of hydrogen-bond acceptors (Lipinski definition) is 5. The summed E-state index contributed by atoms with van der Waals surface area (Å²) in [5.41, 5.74) is 2.91. The van der Waals surface area contributed by atoms with Crippen molar-refractivity contribution in [2.24, 2.45) is 0 Å². The quantitative estimate of drug-likeness (QED) is 0.515. The van der Waals surface area contributed by atoms with Gasteiger partial charge in [-0.15, -0.1) is 0 Å². The number of thioether (sulfide) groups is 1. The third-order valence-corrected chi connectivity index (χ3v) is 4.91. The van der Waals surface area contributed by atoms with Gasteiger partial charge in [0.15, 0.2) is 6.61 Å². The maximum absolute atomic E-state index is 12.5. The van der Waals surface area contributed by atoms with Crippen molar-refractivity contribution >= 4 is 29.4 Å². The van der Waals surface area contributed by atoms with Crippen LogP contribution in [0.2, 0.25) is 0 Å². The molecule has 1 amide bonds. The van der Waals surface area contributed by atoms with Gasteiger partial charge in [0.25, 0.3) is 5.91 Å². The SMILES string of the molecule is CSCCC(NC(=O)c1ccccc1)C(=O)OCC(=O)c1ccc(C)cc1C. The fraction of sp³-hybridized carbons (Fsp3) is 0.318. The molecule has 28 heavy (non-hydrogen) atoms. The van der Waals surface area contributed by atoms with Crippen LogP contribution >= 0.6 is 11.8 Å². The number of aryl methyl sites for hydroxylation is 2. The monoisotopic (exact) mass is 399 g/mol. The van der Waals surface area contributed by atoms with E-state index in [0.29, 0.717) is 23.3 Å². The van der Waals surface area contributed by atoms with E-state index in [1.165, 1.54) is 0 Å². The van der Waals surface area contributed by atoms with Gasteiger partial charge in [0.2, 0.25) is 5.78 Å². The van der Waals surface area contributed by atoms with Crippen molar-refractivity contribution in [2.45, 2.75) is 26.3 Å². The summed E-state index contributed by atoms with van der Waals surface area (Å²) in [6.45, 7) is 3.45. The van der Waals surface area contributed by atoms with Crippen molar-refractivity contribution < 1.29 is 19.1 Å². The summed E-state index contributed by atoms with van der Waals surface area (Å²) in [5.74, 6) is -0.524. The molecule has 148 valence electrons. The third-order valence-electron chi connectivity index (χ3n) is 4.26. The smallest absolute Gasteiger partial charge is 0.329 e. The molecule has 0 aliphatic carbocycles. The van der Waals surface area contributed by atoms with E-state index in [9.17, 15) is 14.4 Å². The lowest BCUT2D eigenvalue weighted by atomic mass is 10.0. The lowest BCUT2D eigenvalue weighted by Gasteiger charge is -2.17. The Labute approximate surface area is 169 Å². The zero-order chi connectivity index (χ0) is 20.5. The number of carbonyl (C=O) groups excluding carboxylic acids is 3. The van der Waals surface area contributed by atoms with Crippen molar-refractivity contribution in [1.82, 2.24) is 5.32 Å². The van der Waals surface area contributed by atoms with Gasteiger partial charge in [0.05, 0.1) is 0 Å². The lowest BCUT2D eigenvalue weighted by molar-refractivity contribution is -0.144. The van der Waals surface area contributed by atoms with Crippen LogP contribution in [0.4, 0.5) is 0 Å². The number of rotatable bonds is 9. The molecular formula is C22H25NO4S. The second-order valence-electron chi connectivity index (χ2n) is 6.52. The second kappa shape index (κ2) is 10.7. The Morgan fingerprint density at radius 2 is 1.79 bits per heavy atom. The van der Waals surface area contributed by atoms with Crippen molar-refractivity contribution in [1.29, 1.82) is 0 Å². The molecule has 0 radical (unpaired) electrons. The number of Topliss-reactive ketones (excluding diaryl/α,β-unsaturated/α-hetero) is 1. The summed E-state index contributed by atoms with van der Waals surface area (Å²) in [5, 5.41) is 2.71. The van der Waals surface area contributed by atoms with E-state index in [4.69, 9.17) is 4.74 Å². The number of ether oxygens (including phenoxy) is 1. The fourth-order valence-corrected chi connectivity index (χ4v) is 3.23. The molecule has 0 aliphatic rings. The Kier molecular flexibility index (Phi) is 8.26. The molecule has 1 unspecified atom stereocenters. The van der Waals surface area contributed by atoms with Crippen LogP contribution in [0.5, 0.6) is 0 Å². The zero-order valence-electron chi connectivity index (χ0n) is 16.4. The van der Waals surface area contributed by atoms with Crippen LogP contribution in [0.1, 0.15) is 38.3 Å². The highest BCUT2D eigenvalue weighted by Gasteiger charge is 2.23. The Morgan fingerprint density at radius 1 is 1.07 bits per heavy atom. The van der Waals surface area contributed by atoms with Crippen molar-refractivity contribution in [3.63, 3.8) is 0 Å². The summed E-state index contributed by atoms with van der Waals surface area (Å²) >= 11 is 1.57. The van der Waals surface area contributed by atoms with Crippen LogP contribution in [0.3, 0.4) is 0 Å². The molecule has 5 nitrogen and oxygen atoms in total. The highest BCUT2D eigenvalue weighted by atomic mass is 32.2. The number of nitrogens with one attached hydrogen (secondary N) is 1. The molecule has 2 aromatic carbocycles. The first-order valence-electron chi connectivity index (χ1n) is 9.04. The Balaban J connectivity index is 2.00. The number of ketones is 1. The van der Waals surface area contributed by atoms with E-state index >= 15 is 0 Å². The molecule has 0 saturated heterocycles. The van der Waals surface area contributed by atoms with Gasteiger partial charge in [-0.1, -0.05) is 42.0 Å². The molecule has 6 heteroatoms. The van der Waals surface area contributed by atoms with E-state index < -0.39 is 12.0 Å². The molecule has 0 fully saturated rings.